The summed E-state index contributed by atoms with van der Waals surface area (Å²) in [4.78, 5) is 28.5. The summed E-state index contributed by atoms with van der Waals surface area (Å²) in [6.07, 6.45) is 4.74. The second kappa shape index (κ2) is 7.83. The Balaban J connectivity index is 1.82. The van der Waals surface area contributed by atoms with E-state index in [0.29, 0.717) is 10.4 Å². The molecule has 0 aliphatic heterocycles. The molecule has 4 nitrogen and oxygen atoms in total. The van der Waals surface area contributed by atoms with Gasteiger partial charge in [-0.15, -0.1) is 11.3 Å². The number of aryl methyl sites for hydroxylation is 2. The lowest BCUT2D eigenvalue weighted by atomic mass is 10.1. The number of hydrogen-bond donors (Lipinski definition) is 0. The number of nitrogens with zero attached hydrogens (tertiary/aromatic N) is 1. The van der Waals surface area contributed by atoms with Crippen molar-refractivity contribution in [2.75, 3.05) is 14.1 Å². The lowest BCUT2D eigenvalue weighted by Crippen LogP contribution is -2.31. The highest BCUT2D eigenvalue weighted by molar-refractivity contribution is 7.14. The number of thiophene rings is 1. The van der Waals surface area contributed by atoms with Crippen LogP contribution in [0, 0.1) is 0 Å². The lowest BCUT2D eigenvalue weighted by Gasteiger charge is -2.20. The van der Waals surface area contributed by atoms with Crippen molar-refractivity contribution < 1.29 is 14.3 Å². The molecule has 1 heterocycles. The SMILES string of the molecule is CN(C)C(=O)[C@@H](OC(=O)c1cc2c(s1)CCCCC2)c1ccccc1. The molecule has 2 aromatic rings. The van der Waals surface area contributed by atoms with Gasteiger partial charge in [-0.25, -0.2) is 4.79 Å². The summed E-state index contributed by atoms with van der Waals surface area (Å²) in [6.45, 7) is 0. The van der Waals surface area contributed by atoms with Crippen LogP contribution >= 0.6 is 11.3 Å². The van der Waals surface area contributed by atoms with Crippen molar-refractivity contribution in [3.8, 4) is 0 Å². The number of rotatable bonds is 4. The van der Waals surface area contributed by atoms with Gasteiger partial charge in [-0.2, -0.15) is 0 Å². The summed E-state index contributed by atoms with van der Waals surface area (Å²) >= 11 is 1.51. The van der Waals surface area contributed by atoms with Gasteiger partial charge in [-0.3, -0.25) is 4.79 Å². The molecule has 0 N–H and O–H groups in total. The highest BCUT2D eigenvalue weighted by Gasteiger charge is 2.28. The van der Waals surface area contributed by atoms with Gasteiger partial charge in [0.2, 0.25) is 6.10 Å². The topological polar surface area (TPSA) is 46.6 Å². The van der Waals surface area contributed by atoms with Crippen molar-refractivity contribution >= 4 is 23.2 Å². The third-order valence-corrected chi connectivity index (χ3v) is 5.66. The summed E-state index contributed by atoms with van der Waals surface area (Å²) in [5.74, 6) is -0.653. The number of hydrogen-bond acceptors (Lipinski definition) is 4. The fraction of sp³-hybridized carbons (Fsp3) is 0.400. The molecule has 0 saturated heterocycles. The van der Waals surface area contributed by atoms with E-state index in [4.69, 9.17) is 4.74 Å². The average molecular weight is 357 g/mol. The van der Waals surface area contributed by atoms with E-state index in [1.807, 2.05) is 36.4 Å². The van der Waals surface area contributed by atoms with Crippen molar-refractivity contribution in [3.63, 3.8) is 0 Å². The van der Waals surface area contributed by atoms with Crippen molar-refractivity contribution in [2.24, 2.45) is 0 Å². The van der Waals surface area contributed by atoms with Gasteiger partial charge < -0.3 is 9.64 Å². The maximum Gasteiger partial charge on any atom is 0.349 e. The number of amides is 1. The maximum absolute atomic E-state index is 12.7. The van der Waals surface area contributed by atoms with Crippen molar-refractivity contribution in [1.82, 2.24) is 4.90 Å². The average Bonchev–Trinajstić information content (AvgIpc) is 2.90. The molecular weight excluding hydrogens is 334 g/mol. The molecule has 1 aliphatic carbocycles. The van der Waals surface area contributed by atoms with E-state index < -0.39 is 12.1 Å². The van der Waals surface area contributed by atoms with Gasteiger partial charge in [0, 0.05) is 24.5 Å². The Bertz CT molecular complexity index is 728. The molecule has 0 bridgehead atoms. The van der Waals surface area contributed by atoms with Crippen molar-refractivity contribution in [1.29, 1.82) is 0 Å². The minimum absolute atomic E-state index is 0.238. The number of carbonyl (C=O) groups excluding carboxylic acids is 2. The molecule has 25 heavy (non-hydrogen) atoms. The smallest absolute Gasteiger partial charge is 0.349 e. The molecule has 1 aromatic carbocycles. The van der Waals surface area contributed by atoms with E-state index in [-0.39, 0.29) is 5.91 Å². The predicted molar refractivity (Wildman–Crippen MR) is 98.9 cm³/mol. The summed E-state index contributed by atoms with van der Waals surface area (Å²) in [6, 6.07) is 11.1. The Hall–Kier alpha value is -2.14. The first-order valence-electron chi connectivity index (χ1n) is 8.65. The second-order valence-corrected chi connectivity index (χ2v) is 7.69. The summed E-state index contributed by atoms with van der Waals surface area (Å²) in [7, 11) is 3.33. The molecule has 1 atom stereocenters. The number of esters is 1. The fourth-order valence-corrected chi connectivity index (χ4v) is 4.19. The number of likely N-dealkylation sites (N-methyl/N-ethyl adjacent to an activating group) is 1. The Morgan fingerprint density at radius 1 is 1.08 bits per heavy atom. The van der Waals surface area contributed by atoms with Crippen LogP contribution in [0.1, 0.15) is 51.0 Å². The quantitative estimate of drug-likeness (QED) is 0.614. The monoisotopic (exact) mass is 357 g/mol. The van der Waals surface area contributed by atoms with Crippen molar-refractivity contribution in [3.05, 3.63) is 57.3 Å². The van der Waals surface area contributed by atoms with Crippen LogP contribution in [0.25, 0.3) is 0 Å². The highest BCUT2D eigenvalue weighted by atomic mass is 32.1. The minimum atomic E-state index is -0.911. The van der Waals surface area contributed by atoms with Crippen LogP contribution in [-0.4, -0.2) is 30.9 Å². The minimum Gasteiger partial charge on any atom is -0.443 e. The number of benzene rings is 1. The molecule has 1 aliphatic rings. The molecule has 0 unspecified atom stereocenters. The standard InChI is InChI=1S/C20H23NO3S/c1-21(2)19(22)18(14-9-5-3-6-10-14)24-20(23)17-13-15-11-7-4-8-12-16(15)25-17/h3,5-6,9-10,13,18H,4,7-8,11-12H2,1-2H3/t18-/m0/s1. The van der Waals surface area contributed by atoms with E-state index in [1.54, 1.807) is 14.1 Å². The summed E-state index contributed by atoms with van der Waals surface area (Å²) in [5.41, 5.74) is 1.96. The Labute approximate surface area is 152 Å². The summed E-state index contributed by atoms with van der Waals surface area (Å²) in [5, 5.41) is 0. The lowest BCUT2D eigenvalue weighted by molar-refractivity contribution is -0.138. The van der Waals surface area contributed by atoms with Crippen LogP contribution in [-0.2, 0) is 22.4 Å². The van der Waals surface area contributed by atoms with E-state index in [1.165, 1.54) is 45.9 Å². The van der Waals surface area contributed by atoms with Gasteiger partial charge >= 0.3 is 5.97 Å². The van der Waals surface area contributed by atoms with Crippen LogP contribution in [0.4, 0.5) is 0 Å². The largest absolute Gasteiger partial charge is 0.443 e. The zero-order chi connectivity index (χ0) is 17.8. The zero-order valence-corrected chi connectivity index (χ0v) is 15.5. The molecule has 0 fully saturated rings. The highest BCUT2D eigenvalue weighted by Crippen LogP contribution is 2.31. The second-order valence-electron chi connectivity index (χ2n) is 6.55. The number of carbonyl (C=O) groups is 2. The Morgan fingerprint density at radius 2 is 1.80 bits per heavy atom. The van der Waals surface area contributed by atoms with Gasteiger partial charge in [-0.1, -0.05) is 36.8 Å². The van der Waals surface area contributed by atoms with Crippen molar-refractivity contribution in [2.45, 2.75) is 38.2 Å². The predicted octanol–water partition coefficient (Wildman–Crippen LogP) is 4.00. The fourth-order valence-electron chi connectivity index (χ4n) is 3.06. The Morgan fingerprint density at radius 3 is 2.52 bits per heavy atom. The van der Waals surface area contributed by atoms with E-state index in [0.717, 1.165) is 12.8 Å². The third-order valence-electron chi connectivity index (χ3n) is 4.44. The van der Waals surface area contributed by atoms with Crippen LogP contribution < -0.4 is 0 Å². The van der Waals surface area contributed by atoms with Crippen LogP contribution in [0.2, 0.25) is 0 Å². The van der Waals surface area contributed by atoms with Gasteiger partial charge in [0.15, 0.2) is 0 Å². The zero-order valence-electron chi connectivity index (χ0n) is 14.7. The first kappa shape index (κ1) is 17.7. The molecule has 3 rings (SSSR count). The molecule has 0 spiro atoms. The molecular formula is C20H23NO3S. The van der Waals surface area contributed by atoms with Crippen LogP contribution in [0.5, 0.6) is 0 Å². The Kier molecular flexibility index (Phi) is 5.53. The number of ether oxygens (including phenoxy) is 1. The van der Waals surface area contributed by atoms with Gasteiger partial charge in [0.25, 0.3) is 5.91 Å². The van der Waals surface area contributed by atoms with Gasteiger partial charge in [-0.05, 0) is 37.3 Å². The van der Waals surface area contributed by atoms with E-state index >= 15 is 0 Å². The maximum atomic E-state index is 12.7. The first-order chi connectivity index (χ1) is 12.1. The van der Waals surface area contributed by atoms with E-state index in [2.05, 4.69) is 0 Å². The molecule has 132 valence electrons. The summed E-state index contributed by atoms with van der Waals surface area (Å²) < 4.78 is 5.63. The molecule has 5 heteroatoms. The molecule has 0 radical (unpaired) electrons. The first-order valence-corrected chi connectivity index (χ1v) is 9.46. The van der Waals surface area contributed by atoms with E-state index in [9.17, 15) is 9.59 Å². The molecule has 1 amide bonds. The molecule has 0 saturated carbocycles. The number of fused-ring (bicyclic) bond motifs is 1. The van der Waals surface area contributed by atoms with Gasteiger partial charge in [0.05, 0.1) is 0 Å². The van der Waals surface area contributed by atoms with Crippen LogP contribution in [0.3, 0.4) is 0 Å². The van der Waals surface area contributed by atoms with Gasteiger partial charge in [0.1, 0.15) is 4.88 Å². The molecule has 1 aromatic heterocycles. The third kappa shape index (κ3) is 4.10. The normalized spacial score (nSPS) is 15.0. The van der Waals surface area contributed by atoms with Crippen LogP contribution in [0.15, 0.2) is 36.4 Å².